The molecule has 2 aromatic carbocycles. The Hall–Kier alpha value is -5.69. The fraction of sp³-hybridized carbons (Fsp3) is 0.419. The lowest BCUT2D eigenvalue weighted by molar-refractivity contribution is -0.144. The minimum Gasteiger partial charge on any atom is -0.476 e. The average Bonchev–Trinajstić information content (AvgIpc) is 4.04. The van der Waals surface area contributed by atoms with E-state index >= 15 is 0 Å². The molecule has 0 radical (unpaired) electrons. The average molecular weight is 894 g/mol. The highest BCUT2D eigenvalue weighted by atomic mass is 32.2. The second-order valence-electron chi connectivity index (χ2n) is 17.3. The molecular formula is C43H42F3N5O9S2. The molecule has 2 aliphatic carbocycles. The molecule has 1 aliphatic heterocycles. The number of carboxylic acids is 1. The van der Waals surface area contributed by atoms with Crippen LogP contribution < -0.4 is 9.46 Å². The fourth-order valence-corrected chi connectivity index (χ4v) is 10.3. The number of para-hydroxylation sites is 1. The molecule has 5 atom stereocenters. The van der Waals surface area contributed by atoms with Gasteiger partial charge in [-0.1, -0.05) is 51.1 Å². The van der Waals surface area contributed by atoms with Crippen molar-refractivity contribution in [3.05, 3.63) is 82.8 Å². The summed E-state index contributed by atoms with van der Waals surface area (Å²) in [5, 5.41) is 11.2. The molecule has 14 nitrogen and oxygen atoms in total. The van der Waals surface area contributed by atoms with Gasteiger partial charge in [0.05, 0.1) is 33.8 Å². The van der Waals surface area contributed by atoms with Crippen molar-refractivity contribution < 1.29 is 55.0 Å². The Morgan fingerprint density at radius 1 is 1.08 bits per heavy atom. The van der Waals surface area contributed by atoms with E-state index in [-0.39, 0.29) is 54.4 Å². The maximum absolute atomic E-state index is 14.9. The Morgan fingerprint density at radius 2 is 1.79 bits per heavy atom. The van der Waals surface area contributed by atoms with Crippen LogP contribution in [-0.4, -0.2) is 80.9 Å². The SMILES string of the molecule is C=C[C@@H]1C[C@]1(CC(=O)[C@@H]1C[C@@H](Oc2nc(-c3ccc(C(F)(F)F)cc3)nc3c2oc2ccccc23)CN1C(=O)[C@@H](Cc1nc(C(=O)O)cs1)C(C)(C)C)C(=O)NS(=O)(=O)C1CC1. The number of benzene rings is 2. The number of thiazole rings is 1. The number of sulfonamides is 1. The Balaban J connectivity index is 1.15. The lowest BCUT2D eigenvalue weighted by Crippen LogP contribution is -2.48. The third kappa shape index (κ3) is 8.31. The van der Waals surface area contributed by atoms with Crippen LogP contribution in [-0.2, 0) is 37.0 Å². The second-order valence-corrected chi connectivity index (χ2v) is 20.2. The van der Waals surface area contributed by atoms with Crippen LogP contribution in [0.15, 0.2) is 71.0 Å². The van der Waals surface area contributed by atoms with E-state index in [0.717, 1.165) is 23.5 Å². The number of Topliss-reactive ketones (excluding diaryl/α,β-unsaturated/α-hetero) is 1. The third-order valence-corrected chi connectivity index (χ3v) is 14.6. The number of carbonyl (C=O) groups excluding carboxylic acids is 3. The Kier molecular flexibility index (Phi) is 10.8. The number of furan rings is 1. The lowest BCUT2D eigenvalue weighted by Gasteiger charge is -2.35. The molecule has 3 aliphatic rings. The van der Waals surface area contributed by atoms with Gasteiger partial charge in [0.2, 0.25) is 27.4 Å². The second kappa shape index (κ2) is 15.6. The number of ether oxygens (including phenoxy) is 1. The summed E-state index contributed by atoms with van der Waals surface area (Å²) in [4.78, 5) is 69.8. The molecule has 2 amide bonds. The Morgan fingerprint density at radius 3 is 2.40 bits per heavy atom. The number of nitrogens with one attached hydrogen (secondary N) is 1. The maximum Gasteiger partial charge on any atom is 0.416 e. The first-order valence-electron chi connectivity index (χ1n) is 19.9. The van der Waals surface area contributed by atoms with Crippen molar-refractivity contribution in [3.8, 4) is 17.3 Å². The van der Waals surface area contributed by atoms with Crippen LogP contribution in [0.3, 0.4) is 0 Å². The molecule has 19 heteroatoms. The first-order valence-corrected chi connectivity index (χ1v) is 22.3. The quantitative estimate of drug-likeness (QED) is 0.106. The number of hydrogen-bond donors (Lipinski definition) is 2. The van der Waals surface area contributed by atoms with Crippen molar-refractivity contribution in [2.45, 2.75) is 82.9 Å². The van der Waals surface area contributed by atoms with Crippen LogP contribution in [0.5, 0.6) is 5.88 Å². The molecule has 5 aromatic rings. The van der Waals surface area contributed by atoms with Gasteiger partial charge in [0, 0.05) is 41.5 Å². The Bertz CT molecular complexity index is 2740. The summed E-state index contributed by atoms with van der Waals surface area (Å²) in [5.41, 5.74) is -2.05. The van der Waals surface area contributed by atoms with Gasteiger partial charge in [-0.2, -0.15) is 18.2 Å². The number of alkyl halides is 3. The topological polar surface area (TPSA) is 199 Å². The van der Waals surface area contributed by atoms with Gasteiger partial charge in [0.15, 0.2) is 17.3 Å². The van der Waals surface area contributed by atoms with E-state index in [1.54, 1.807) is 24.3 Å². The number of aromatic carboxylic acids is 1. The number of aromatic nitrogens is 3. The fourth-order valence-electron chi connectivity index (χ4n) is 8.12. The summed E-state index contributed by atoms with van der Waals surface area (Å²) < 4.78 is 81.0. The zero-order valence-electron chi connectivity index (χ0n) is 33.8. The summed E-state index contributed by atoms with van der Waals surface area (Å²) in [5.74, 6) is -4.37. The van der Waals surface area contributed by atoms with Gasteiger partial charge in [-0.3, -0.25) is 19.1 Å². The maximum atomic E-state index is 14.9. The molecule has 4 heterocycles. The van der Waals surface area contributed by atoms with Crippen molar-refractivity contribution in [2.24, 2.45) is 22.7 Å². The number of amides is 2. The van der Waals surface area contributed by atoms with Gasteiger partial charge in [-0.05, 0) is 54.9 Å². The van der Waals surface area contributed by atoms with Gasteiger partial charge in [0.25, 0.3) is 5.88 Å². The van der Waals surface area contributed by atoms with Crippen LogP contribution >= 0.6 is 11.3 Å². The van der Waals surface area contributed by atoms with Crippen molar-refractivity contribution in [1.29, 1.82) is 0 Å². The first-order chi connectivity index (χ1) is 29.2. The number of halogens is 3. The smallest absolute Gasteiger partial charge is 0.416 e. The number of carboxylic acid groups (broad SMARTS) is 1. The van der Waals surface area contributed by atoms with E-state index in [4.69, 9.17) is 9.15 Å². The predicted molar refractivity (Wildman–Crippen MR) is 220 cm³/mol. The molecule has 62 heavy (non-hydrogen) atoms. The number of nitrogens with zero attached hydrogens (tertiary/aromatic N) is 4. The van der Waals surface area contributed by atoms with Crippen molar-refractivity contribution in [1.82, 2.24) is 24.6 Å². The summed E-state index contributed by atoms with van der Waals surface area (Å²) in [6, 6.07) is 10.1. The highest BCUT2D eigenvalue weighted by Gasteiger charge is 2.61. The summed E-state index contributed by atoms with van der Waals surface area (Å²) >= 11 is 1.09. The normalized spacial score (nSPS) is 22.1. The number of hydrogen-bond acceptors (Lipinski definition) is 12. The standard InChI is InChI=1S/C43H42F3N5O9S2/c1-5-23-18-42(23,40(56)50-62(57,58)26-14-15-26)19-31(52)30-16-25(20-51(30)38(53)28(41(2,3)4)17-33-47-29(21-61-33)39(54)55)59-37-35-34(27-8-6-7-9-32(27)60-35)48-36(49-37)22-10-12-24(13-11-22)43(44,45)46/h5-13,21,23,25-26,28,30H,1,14-20H2,2-4H3,(H,50,56)(H,54,55)/t23-,25-,28-,30+,42-/m1/s1. The van der Waals surface area contributed by atoms with Gasteiger partial charge in [-0.25, -0.2) is 23.2 Å². The van der Waals surface area contributed by atoms with Crippen LogP contribution in [0.4, 0.5) is 13.2 Å². The van der Waals surface area contributed by atoms with Crippen LogP contribution in [0.1, 0.15) is 73.9 Å². The minimum absolute atomic E-state index is 0.0293. The van der Waals surface area contributed by atoms with Gasteiger partial charge >= 0.3 is 12.1 Å². The highest BCUT2D eigenvalue weighted by Crippen LogP contribution is 2.57. The van der Waals surface area contributed by atoms with E-state index < -0.39 is 91.8 Å². The molecule has 0 spiro atoms. The molecule has 8 rings (SSSR count). The first kappa shape index (κ1) is 43.0. The number of fused-ring (bicyclic) bond motifs is 3. The molecule has 3 fully saturated rings. The number of likely N-dealkylation sites (tertiary alicyclic amines) is 1. The zero-order chi connectivity index (χ0) is 44.5. The molecule has 0 bridgehead atoms. The van der Waals surface area contributed by atoms with E-state index in [2.05, 4.69) is 26.3 Å². The largest absolute Gasteiger partial charge is 0.476 e. The number of rotatable bonds is 14. The zero-order valence-corrected chi connectivity index (χ0v) is 35.4. The van der Waals surface area contributed by atoms with Crippen molar-refractivity contribution in [3.63, 3.8) is 0 Å². The van der Waals surface area contributed by atoms with Gasteiger partial charge in [-0.15, -0.1) is 17.9 Å². The predicted octanol–water partition coefficient (Wildman–Crippen LogP) is 7.23. The molecule has 0 unspecified atom stereocenters. The van der Waals surface area contributed by atoms with E-state index in [9.17, 15) is 45.9 Å². The lowest BCUT2D eigenvalue weighted by atomic mass is 9.77. The van der Waals surface area contributed by atoms with Crippen LogP contribution in [0.25, 0.3) is 33.5 Å². The van der Waals surface area contributed by atoms with Gasteiger partial charge < -0.3 is 19.2 Å². The molecule has 326 valence electrons. The monoisotopic (exact) mass is 893 g/mol. The van der Waals surface area contributed by atoms with E-state index in [0.29, 0.717) is 34.3 Å². The van der Waals surface area contributed by atoms with E-state index in [1.807, 2.05) is 20.8 Å². The van der Waals surface area contributed by atoms with Crippen molar-refractivity contribution >= 4 is 67.0 Å². The molecular weight excluding hydrogens is 852 g/mol. The van der Waals surface area contributed by atoms with Gasteiger partial charge in [0.1, 0.15) is 17.2 Å². The number of carbonyl (C=O) groups is 4. The van der Waals surface area contributed by atoms with E-state index in [1.165, 1.54) is 28.5 Å². The Labute approximate surface area is 357 Å². The summed E-state index contributed by atoms with van der Waals surface area (Å²) in [6.45, 7) is 9.16. The number of allylic oxidation sites excluding steroid dienone is 1. The molecule has 1 saturated heterocycles. The molecule has 2 saturated carbocycles. The molecule has 3 aromatic heterocycles. The van der Waals surface area contributed by atoms with Crippen LogP contribution in [0.2, 0.25) is 0 Å². The highest BCUT2D eigenvalue weighted by molar-refractivity contribution is 7.90. The summed E-state index contributed by atoms with van der Waals surface area (Å²) in [7, 11) is -3.95. The minimum atomic E-state index is -4.57. The van der Waals surface area contributed by atoms with Crippen LogP contribution in [0, 0.1) is 22.7 Å². The molecule has 2 N–H and O–H groups in total. The number of ketones is 1. The van der Waals surface area contributed by atoms with Crippen molar-refractivity contribution in [2.75, 3.05) is 6.54 Å². The summed E-state index contributed by atoms with van der Waals surface area (Å²) in [6.07, 6.45) is -3.40. The third-order valence-electron chi connectivity index (χ3n) is 11.9.